The zero-order chi connectivity index (χ0) is 13.0. The Labute approximate surface area is 108 Å². The van der Waals surface area contributed by atoms with E-state index in [9.17, 15) is 0 Å². The molecule has 1 aliphatic carbocycles. The number of nitriles is 2. The molecule has 1 saturated carbocycles. The van der Waals surface area contributed by atoms with Gasteiger partial charge in [-0.15, -0.1) is 0 Å². The van der Waals surface area contributed by atoms with Gasteiger partial charge in [0, 0.05) is 19.5 Å². The van der Waals surface area contributed by atoms with E-state index < -0.39 is 0 Å². The highest BCUT2D eigenvalue weighted by Gasteiger charge is 2.42. The average molecular weight is 239 g/mol. The van der Waals surface area contributed by atoms with Gasteiger partial charge in [-0.1, -0.05) is 12.1 Å². The summed E-state index contributed by atoms with van der Waals surface area (Å²) in [5.41, 5.74) is 2.11. The lowest BCUT2D eigenvalue weighted by Gasteiger charge is -2.22. The van der Waals surface area contributed by atoms with E-state index in [1.807, 2.05) is 24.3 Å². The van der Waals surface area contributed by atoms with Crippen LogP contribution in [0.2, 0.25) is 0 Å². The van der Waals surface area contributed by atoms with Crippen LogP contribution in [-0.4, -0.2) is 18.5 Å². The van der Waals surface area contributed by atoms with Gasteiger partial charge < -0.3 is 4.90 Å². The van der Waals surface area contributed by atoms with Gasteiger partial charge in [-0.3, -0.25) is 0 Å². The third kappa shape index (κ3) is 3.09. The molecule has 0 bridgehead atoms. The van der Waals surface area contributed by atoms with E-state index in [-0.39, 0.29) is 5.41 Å². The molecule has 0 N–H and O–H groups in total. The summed E-state index contributed by atoms with van der Waals surface area (Å²) in [7, 11) is 2.08. The van der Waals surface area contributed by atoms with Crippen LogP contribution >= 0.6 is 0 Å². The average Bonchev–Trinajstić information content (AvgIpc) is 3.09. The van der Waals surface area contributed by atoms with Crippen LogP contribution < -0.4 is 0 Å². The molecule has 92 valence electrons. The Morgan fingerprint density at radius 3 is 2.72 bits per heavy atom. The molecule has 0 aliphatic heterocycles. The first-order valence-corrected chi connectivity index (χ1v) is 6.22. The van der Waals surface area contributed by atoms with Crippen LogP contribution in [-0.2, 0) is 6.54 Å². The number of hydrogen-bond acceptors (Lipinski definition) is 3. The summed E-state index contributed by atoms with van der Waals surface area (Å²) in [4.78, 5) is 2.25. The molecular formula is C15H17N3. The number of benzene rings is 1. The lowest BCUT2D eigenvalue weighted by atomic mass is 10.0. The third-order valence-electron chi connectivity index (χ3n) is 3.53. The lowest BCUT2D eigenvalue weighted by molar-refractivity contribution is 0.257. The second-order valence-corrected chi connectivity index (χ2v) is 5.32. The Morgan fingerprint density at radius 1 is 1.33 bits per heavy atom. The minimum absolute atomic E-state index is 0.246. The second-order valence-electron chi connectivity index (χ2n) is 5.32. The summed E-state index contributed by atoms with van der Waals surface area (Å²) < 4.78 is 0. The number of rotatable bonds is 5. The van der Waals surface area contributed by atoms with Gasteiger partial charge in [-0.25, -0.2) is 0 Å². The summed E-state index contributed by atoms with van der Waals surface area (Å²) in [5, 5.41) is 17.7. The fraction of sp³-hybridized carbons (Fsp3) is 0.467. The zero-order valence-corrected chi connectivity index (χ0v) is 10.7. The maximum atomic E-state index is 8.86. The molecule has 2 rings (SSSR count). The Kier molecular flexibility index (Phi) is 3.65. The van der Waals surface area contributed by atoms with Crippen LogP contribution in [0.5, 0.6) is 0 Å². The molecule has 18 heavy (non-hydrogen) atoms. The molecule has 0 saturated heterocycles. The predicted molar refractivity (Wildman–Crippen MR) is 69.4 cm³/mol. The molecule has 1 fully saturated rings. The minimum Gasteiger partial charge on any atom is -0.302 e. The van der Waals surface area contributed by atoms with E-state index in [2.05, 4.69) is 24.1 Å². The van der Waals surface area contributed by atoms with Crippen molar-refractivity contribution in [1.82, 2.24) is 4.90 Å². The van der Waals surface area contributed by atoms with Gasteiger partial charge in [0.25, 0.3) is 0 Å². The summed E-state index contributed by atoms with van der Waals surface area (Å²) in [5.74, 6) is 0. The molecule has 0 unspecified atom stereocenters. The fourth-order valence-electron chi connectivity index (χ4n) is 2.41. The summed E-state index contributed by atoms with van der Waals surface area (Å²) >= 11 is 0. The van der Waals surface area contributed by atoms with Gasteiger partial charge in [0.1, 0.15) is 0 Å². The van der Waals surface area contributed by atoms with Gasteiger partial charge in [-0.2, -0.15) is 10.5 Å². The van der Waals surface area contributed by atoms with Crippen LogP contribution in [0.25, 0.3) is 0 Å². The van der Waals surface area contributed by atoms with E-state index in [1.165, 1.54) is 12.8 Å². The number of nitrogens with zero attached hydrogens (tertiary/aromatic N) is 3. The van der Waals surface area contributed by atoms with E-state index in [0.717, 1.165) is 18.7 Å². The van der Waals surface area contributed by atoms with Crippen LogP contribution in [0.3, 0.4) is 0 Å². The van der Waals surface area contributed by atoms with Crippen LogP contribution in [0.1, 0.15) is 30.4 Å². The molecule has 1 aromatic rings. The molecule has 3 heteroatoms. The van der Waals surface area contributed by atoms with Gasteiger partial charge in [0.2, 0.25) is 0 Å². The number of hydrogen-bond donors (Lipinski definition) is 0. The highest BCUT2D eigenvalue weighted by Crippen LogP contribution is 2.49. The summed E-state index contributed by atoms with van der Waals surface area (Å²) in [6, 6.07) is 12.2. The lowest BCUT2D eigenvalue weighted by Crippen LogP contribution is -2.26. The van der Waals surface area contributed by atoms with Crippen molar-refractivity contribution in [1.29, 1.82) is 10.5 Å². The van der Waals surface area contributed by atoms with Gasteiger partial charge >= 0.3 is 0 Å². The monoisotopic (exact) mass is 239 g/mol. The smallest absolute Gasteiger partial charge is 0.0991 e. The zero-order valence-electron chi connectivity index (χ0n) is 10.7. The van der Waals surface area contributed by atoms with E-state index >= 15 is 0 Å². The SMILES string of the molecule is CN(Cc1cccc(C#N)c1)CC1(CC#N)CC1. The van der Waals surface area contributed by atoms with Crippen molar-refractivity contribution in [3.63, 3.8) is 0 Å². The largest absolute Gasteiger partial charge is 0.302 e. The highest BCUT2D eigenvalue weighted by molar-refractivity contribution is 5.32. The maximum Gasteiger partial charge on any atom is 0.0991 e. The van der Waals surface area contributed by atoms with Gasteiger partial charge in [-0.05, 0) is 43.0 Å². The molecule has 0 amide bonds. The van der Waals surface area contributed by atoms with Crippen LogP contribution in [0.15, 0.2) is 24.3 Å². The first-order chi connectivity index (χ1) is 8.67. The molecule has 1 aliphatic rings. The maximum absolute atomic E-state index is 8.86. The second kappa shape index (κ2) is 5.21. The van der Waals surface area contributed by atoms with E-state index in [0.29, 0.717) is 12.0 Å². The van der Waals surface area contributed by atoms with E-state index in [1.54, 1.807) is 0 Å². The Balaban J connectivity index is 1.93. The molecule has 0 heterocycles. The van der Waals surface area contributed by atoms with Crippen molar-refractivity contribution in [2.24, 2.45) is 5.41 Å². The van der Waals surface area contributed by atoms with Crippen LogP contribution in [0.4, 0.5) is 0 Å². The van der Waals surface area contributed by atoms with Crippen molar-refractivity contribution in [2.45, 2.75) is 25.8 Å². The highest BCUT2D eigenvalue weighted by atomic mass is 15.1. The van der Waals surface area contributed by atoms with Crippen molar-refractivity contribution >= 4 is 0 Å². The summed E-state index contributed by atoms with van der Waals surface area (Å²) in [6.45, 7) is 1.81. The molecule has 0 aromatic heterocycles. The topological polar surface area (TPSA) is 50.8 Å². The molecule has 3 nitrogen and oxygen atoms in total. The fourth-order valence-corrected chi connectivity index (χ4v) is 2.41. The van der Waals surface area contributed by atoms with Crippen molar-refractivity contribution in [3.8, 4) is 12.1 Å². The van der Waals surface area contributed by atoms with Crippen LogP contribution in [0, 0.1) is 28.1 Å². The molecule has 0 atom stereocenters. The quantitative estimate of drug-likeness (QED) is 0.793. The predicted octanol–water partition coefficient (Wildman–Crippen LogP) is 2.68. The Bertz CT molecular complexity index is 503. The Hall–Kier alpha value is -1.84. The van der Waals surface area contributed by atoms with Crippen molar-refractivity contribution < 1.29 is 0 Å². The Morgan fingerprint density at radius 2 is 2.11 bits per heavy atom. The molecule has 0 radical (unpaired) electrons. The molecular weight excluding hydrogens is 222 g/mol. The van der Waals surface area contributed by atoms with Gasteiger partial charge in [0.05, 0.1) is 17.7 Å². The third-order valence-corrected chi connectivity index (χ3v) is 3.53. The minimum atomic E-state index is 0.246. The normalized spacial score (nSPS) is 16.0. The first kappa shape index (κ1) is 12.6. The summed E-state index contributed by atoms with van der Waals surface area (Å²) in [6.07, 6.45) is 3.00. The molecule has 0 spiro atoms. The molecule has 1 aromatic carbocycles. The van der Waals surface area contributed by atoms with Crippen molar-refractivity contribution in [2.75, 3.05) is 13.6 Å². The van der Waals surface area contributed by atoms with Gasteiger partial charge in [0.15, 0.2) is 0 Å². The standard InChI is InChI=1S/C15H17N3/c1-18(12-15(5-6-15)7-8-16)11-14-4-2-3-13(9-14)10-17/h2-4,9H,5-7,11-12H2,1H3. The van der Waals surface area contributed by atoms with Crippen molar-refractivity contribution in [3.05, 3.63) is 35.4 Å². The first-order valence-electron chi connectivity index (χ1n) is 6.22. The van der Waals surface area contributed by atoms with E-state index in [4.69, 9.17) is 10.5 Å².